The van der Waals surface area contributed by atoms with Crippen molar-refractivity contribution in [3.63, 3.8) is 0 Å². The minimum atomic E-state index is -4.85. The van der Waals surface area contributed by atoms with Crippen LogP contribution in [0.2, 0.25) is 0 Å². The molecule has 6 heteroatoms. The van der Waals surface area contributed by atoms with Crippen molar-refractivity contribution in [3.05, 3.63) is 35.1 Å². The number of aliphatic hydroxyl groups excluding tert-OH is 1. The van der Waals surface area contributed by atoms with Crippen LogP contribution < -0.4 is 5.73 Å². The van der Waals surface area contributed by atoms with Gasteiger partial charge >= 0.3 is 6.18 Å². The van der Waals surface area contributed by atoms with Crippen molar-refractivity contribution in [3.8, 4) is 0 Å². The van der Waals surface area contributed by atoms with Gasteiger partial charge in [0.25, 0.3) is 0 Å². The largest absolute Gasteiger partial charge is 0.419 e. The number of hydrogen-bond donors (Lipinski definition) is 2. The third kappa shape index (κ3) is 2.51. The zero-order valence-electron chi connectivity index (χ0n) is 8.42. The van der Waals surface area contributed by atoms with Crippen LogP contribution in [-0.4, -0.2) is 11.1 Å². The van der Waals surface area contributed by atoms with E-state index in [4.69, 9.17) is 5.73 Å². The molecule has 0 aliphatic heterocycles. The van der Waals surface area contributed by atoms with Gasteiger partial charge in [0.15, 0.2) is 0 Å². The predicted octanol–water partition coefficient (Wildman–Crippen LogP) is 2.23. The maximum absolute atomic E-state index is 13.1. The minimum absolute atomic E-state index is 0.539. The lowest BCUT2D eigenvalue weighted by atomic mass is 9.97. The Balaban J connectivity index is 3.35. The van der Waals surface area contributed by atoms with Gasteiger partial charge in [-0.1, -0.05) is 12.1 Å². The number of rotatable bonds is 2. The Morgan fingerprint density at radius 2 is 1.88 bits per heavy atom. The standard InChI is InChI=1S/C10H11F4NO/c1-5(15)9(16)6-3-2-4-7(11)8(6)10(12,13)14/h2-5,9,16H,15H2,1H3. The molecule has 3 N–H and O–H groups in total. The highest BCUT2D eigenvalue weighted by Gasteiger charge is 2.38. The van der Waals surface area contributed by atoms with E-state index in [1.54, 1.807) is 0 Å². The molecule has 0 heterocycles. The van der Waals surface area contributed by atoms with Gasteiger partial charge in [0.2, 0.25) is 0 Å². The molecular weight excluding hydrogens is 226 g/mol. The van der Waals surface area contributed by atoms with E-state index in [1.807, 2.05) is 0 Å². The second-order valence-electron chi connectivity index (χ2n) is 3.51. The van der Waals surface area contributed by atoms with Crippen LogP contribution in [-0.2, 0) is 6.18 Å². The Morgan fingerprint density at radius 1 is 1.31 bits per heavy atom. The number of aliphatic hydroxyl groups is 1. The van der Waals surface area contributed by atoms with Crippen molar-refractivity contribution in [2.45, 2.75) is 25.2 Å². The van der Waals surface area contributed by atoms with Gasteiger partial charge in [-0.2, -0.15) is 13.2 Å². The minimum Gasteiger partial charge on any atom is -0.387 e. The van der Waals surface area contributed by atoms with Crippen molar-refractivity contribution >= 4 is 0 Å². The van der Waals surface area contributed by atoms with Crippen LogP contribution in [0.4, 0.5) is 17.6 Å². The van der Waals surface area contributed by atoms with Gasteiger partial charge in [-0.05, 0) is 18.6 Å². The number of alkyl halides is 3. The van der Waals surface area contributed by atoms with Gasteiger partial charge in [0, 0.05) is 6.04 Å². The van der Waals surface area contributed by atoms with Crippen LogP contribution in [0.5, 0.6) is 0 Å². The van der Waals surface area contributed by atoms with Gasteiger partial charge < -0.3 is 10.8 Å². The van der Waals surface area contributed by atoms with Crippen molar-refractivity contribution in [2.24, 2.45) is 5.73 Å². The van der Waals surface area contributed by atoms with Crippen LogP contribution in [0.3, 0.4) is 0 Å². The second-order valence-corrected chi connectivity index (χ2v) is 3.51. The molecule has 1 aromatic rings. The molecule has 0 aliphatic rings. The third-order valence-corrected chi connectivity index (χ3v) is 2.15. The molecule has 0 fully saturated rings. The summed E-state index contributed by atoms with van der Waals surface area (Å²) in [5, 5.41) is 9.47. The fourth-order valence-corrected chi connectivity index (χ4v) is 1.37. The molecule has 1 rings (SSSR count). The first-order valence-electron chi connectivity index (χ1n) is 4.54. The average Bonchev–Trinajstić information content (AvgIpc) is 2.14. The molecule has 90 valence electrons. The molecular formula is C10H11F4NO. The average molecular weight is 237 g/mol. The monoisotopic (exact) mass is 237 g/mol. The van der Waals surface area contributed by atoms with Crippen LogP contribution in [0.15, 0.2) is 18.2 Å². The van der Waals surface area contributed by atoms with Crippen molar-refractivity contribution in [1.82, 2.24) is 0 Å². The molecule has 0 spiro atoms. The summed E-state index contributed by atoms with van der Waals surface area (Å²) in [4.78, 5) is 0. The summed E-state index contributed by atoms with van der Waals surface area (Å²) >= 11 is 0. The van der Waals surface area contributed by atoms with Gasteiger partial charge in [-0.15, -0.1) is 0 Å². The summed E-state index contributed by atoms with van der Waals surface area (Å²) in [7, 11) is 0. The summed E-state index contributed by atoms with van der Waals surface area (Å²) in [6.07, 6.45) is -6.40. The Labute approximate surface area is 89.7 Å². The molecule has 0 aliphatic carbocycles. The zero-order chi connectivity index (χ0) is 12.5. The van der Waals surface area contributed by atoms with E-state index in [-0.39, 0.29) is 0 Å². The topological polar surface area (TPSA) is 46.2 Å². The maximum atomic E-state index is 13.1. The Kier molecular flexibility index (Phi) is 3.54. The number of halogens is 4. The first-order chi connectivity index (χ1) is 7.25. The molecule has 0 saturated carbocycles. The zero-order valence-corrected chi connectivity index (χ0v) is 8.42. The van der Waals surface area contributed by atoms with Crippen molar-refractivity contribution < 1.29 is 22.7 Å². The third-order valence-electron chi connectivity index (χ3n) is 2.15. The van der Waals surface area contributed by atoms with E-state index < -0.39 is 35.3 Å². The van der Waals surface area contributed by atoms with E-state index in [1.165, 1.54) is 6.92 Å². The van der Waals surface area contributed by atoms with E-state index in [9.17, 15) is 22.7 Å². The fourth-order valence-electron chi connectivity index (χ4n) is 1.37. The highest BCUT2D eigenvalue weighted by Crippen LogP contribution is 2.36. The summed E-state index contributed by atoms with van der Waals surface area (Å²) in [5.41, 5.74) is 3.29. The highest BCUT2D eigenvalue weighted by molar-refractivity contribution is 5.33. The van der Waals surface area contributed by atoms with E-state index in [0.29, 0.717) is 6.07 Å². The smallest absolute Gasteiger partial charge is 0.387 e. The second kappa shape index (κ2) is 4.39. The lowest BCUT2D eigenvalue weighted by Gasteiger charge is -2.20. The summed E-state index contributed by atoms with van der Waals surface area (Å²) < 4.78 is 50.7. The van der Waals surface area contributed by atoms with E-state index >= 15 is 0 Å². The Hall–Kier alpha value is -1.14. The molecule has 1 aromatic carbocycles. The van der Waals surface area contributed by atoms with Crippen LogP contribution >= 0.6 is 0 Å². The lowest BCUT2D eigenvalue weighted by Crippen LogP contribution is -2.27. The lowest BCUT2D eigenvalue weighted by molar-refractivity contribution is -0.141. The molecule has 0 amide bonds. The first kappa shape index (κ1) is 12.9. The van der Waals surface area contributed by atoms with Crippen LogP contribution in [0.25, 0.3) is 0 Å². The SMILES string of the molecule is CC(N)C(O)c1cccc(F)c1C(F)(F)F. The molecule has 2 unspecified atom stereocenters. The van der Waals surface area contributed by atoms with E-state index in [2.05, 4.69) is 0 Å². The van der Waals surface area contributed by atoms with Gasteiger partial charge in [-0.25, -0.2) is 4.39 Å². The van der Waals surface area contributed by atoms with Crippen LogP contribution in [0, 0.1) is 5.82 Å². The summed E-state index contributed by atoms with van der Waals surface area (Å²) in [6, 6.07) is 1.90. The molecule has 16 heavy (non-hydrogen) atoms. The van der Waals surface area contributed by atoms with Crippen LogP contribution in [0.1, 0.15) is 24.2 Å². The number of nitrogens with two attached hydrogens (primary N) is 1. The molecule has 0 bridgehead atoms. The fraction of sp³-hybridized carbons (Fsp3) is 0.400. The predicted molar refractivity (Wildman–Crippen MR) is 50.0 cm³/mol. The number of hydrogen-bond acceptors (Lipinski definition) is 2. The molecule has 0 radical (unpaired) electrons. The van der Waals surface area contributed by atoms with E-state index in [0.717, 1.165) is 12.1 Å². The highest BCUT2D eigenvalue weighted by atomic mass is 19.4. The molecule has 2 nitrogen and oxygen atoms in total. The molecule has 0 aromatic heterocycles. The first-order valence-corrected chi connectivity index (χ1v) is 4.54. The molecule has 2 atom stereocenters. The van der Waals surface area contributed by atoms with Crippen molar-refractivity contribution in [1.29, 1.82) is 0 Å². The quantitative estimate of drug-likeness (QED) is 0.775. The Bertz CT molecular complexity index is 376. The van der Waals surface area contributed by atoms with Gasteiger partial charge in [-0.3, -0.25) is 0 Å². The normalized spacial score (nSPS) is 15.9. The van der Waals surface area contributed by atoms with Gasteiger partial charge in [0.05, 0.1) is 11.7 Å². The van der Waals surface area contributed by atoms with Crippen molar-refractivity contribution in [2.75, 3.05) is 0 Å². The van der Waals surface area contributed by atoms with Gasteiger partial charge in [0.1, 0.15) is 5.82 Å². The summed E-state index contributed by atoms with van der Waals surface area (Å²) in [6.45, 7) is 1.34. The number of benzene rings is 1. The molecule has 0 saturated heterocycles. The summed E-state index contributed by atoms with van der Waals surface area (Å²) in [5.74, 6) is -1.41. The maximum Gasteiger partial charge on any atom is 0.419 e. The Morgan fingerprint density at radius 3 is 2.31 bits per heavy atom.